The summed E-state index contributed by atoms with van der Waals surface area (Å²) in [6.07, 6.45) is 5.50. The third kappa shape index (κ3) is 4.68. The van der Waals surface area contributed by atoms with E-state index in [4.69, 9.17) is 15.2 Å². The number of oxime groups is 1. The molecule has 4 rings (SSSR count). The smallest absolute Gasteiger partial charge is 0.229 e. The predicted octanol–water partition coefficient (Wildman–Crippen LogP) is 5.04. The zero-order valence-corrected chi connectivity index (χ0v) is 17.7. The SMILES string of the molecule is Cc1cc(C2=CCC(/C=N/O)O2)cc(C)c1Nc1ccnc(Nc2ccc(C#N)cc2)n1. The molecular formula is C24H22N6O2. The molecule has 0 aliphatic carbocycles. The van der Waals surface area contributed by atoms with E-state index in [0.29, 0.717) is 23.8 Å². The fourth-order valence-electron chi connectivity index (χ4n) is 3.51. The summed E-state index contributed by atoms with van der Waals surface area (Å²) in [7, 11) is 0. The second-order valence-electron chi connectivity index (χ2n) is 7.41. The van der Waals surface area contributed by atoms with Crippen LogP contribution in [0.1, 0.15) is 28.7 Å². The van der Waals surface area contributed by atoms with Crippen molar-refractivity contribution in [2.75, 3.05) is 10.6 Å². The summed E-state index contributed by atoms with van der Waals surface area (Å²) in [5, 5.41) is 27.2. The Hall–Kier alpha value is -4.38. The number of aryl methyl sites for hydroxylation is 2. The highest BCUT2D eigenvalue weighted by atomic mass is 16.5. The molecule has 2 heterocycles. The van der Waals surface area contributed by atoms with E-state index in [2.05, 4.69) is 44.0 Å². The predicted molar refractivity (Wildman–Crippen MR) is 123 cm³/mol. The molecule has 0 amide bonds. The summed E-state index contributed by atoms with van der Waals surface area (Å²) in [5.74, 6) is 1.89. The monoisotopic (exact) mass is 426 g/mol. The maximum absolute atomic E-state index is 8.92. The third-order valence-corrected chi connectivity index (χ3v) is 5.04. The van der Waals surface area contributed by atoms with Crippen LogP contribution in [0.25, 0.3) is 5.76 Å². The molecule has 0 saturated heterocycles. The molecule has 1 aliphatic rings. The molecule has 1 unspecified atom stereocenters. The molecule has 0 fully saturated rings. The second-order valence-corrected chi connectivity index (χ2v) is 7.41. The summed E-state index contributed by atoms with van der Waals surface area (Å²) in [5.41, 5.74) is 5.42. The van der Waals surface area contributed by atoms with E-state index < -0.39 is 0 Å². The van der Waals surface area contributed by atoms with Gasteiger partial charge in [-0.1, -0.05) is 5.16 Å². The Kier molecular flexibility index (Phi) is 5.99. The standard InChI is InChI=1S/C24H22N6O2/c1-15-11-18(21-8-7-20(32-21)14-27-31)12-16(2)23(15)29-22-9-10-26-24(30-22)28-19-5-3-17(13-25)4-6-19/h3-6,8-12,14,20,31H,7H2,1-2H3,(H2,26,28,29,30)/b27-14+. The van der Waals surface area contributed by atoms with Crippen molar-refractivity contribution in [3.05, 3.63) is 77.0 Å². The van der Waals surface area contributed by atoms with Gasteiger partial charge in [-0.05, 0) is 73.5 Å². The van der Waals surface area contributed by atoms with E-state index in [1.807, 2.05) is 32.1 Å². The summed E-state index contributed by atoms with van der Waals surface area (Å²) >= 11 is 0. The third-order valence-electron chi connectivity index (χ3n) is 5.04. The van der Waals surface area contributed by atoms with E-state index in [-0.39, 0.29) is 6.10 Å². The summed E-state index contributed by atoms with van der Waals surface area (Å²) in [6.45, 7) is 4.05. The van der Waals surface area contributed by atoms with E-state index in [0.717, 1.165) is 33.8 Å². The molecule has 8 heteroatoms. The van der Waals surface area contributed by atoms with Crippen LogP contribution in [-0.2, 0) is 4.74 Å². The Morgan fingerprint density at radius 1 is 1.16 bits per heavy atom. The van der Waals surface area contributed by atoms with Gasteiger partial charge in [0.05, 0.1) is 17.8 Å². The Bertz CT molecular complexity index is 1200. The molecule has 0 saturated carbocycles. The lowest BCUT2D eigenvalue weighted by atomic mass is 10.0. The van der Waals surface area contributed by atoms with Gasteiger partial charge in [-0.15, -0.1) is 0 Å². The number of hydrogen-bond donors (Lipinski definition) is 3. The quantitative estimate of drug-likeness (QED) is 0.287. The van der Waals surface area contributed by atoms with Crippen molar-refractivity contribution < 1.29 is 9.94 Å². The van der Waals surface area contributed by atoms with Crippen LogP contribution in [-0.4, -0.2) is 27.5 Å². The van der Waals surface area contributed by atoms with Gasteiger partial charge in [-0.2, -0.15) is 10.2 Å². The van der Waals surface area contributed by atoms with Crippen LogP contribution in [0, 0.1) is 25.2 Å². The van der Waals surface area contributed by atoms with Gasteiger partial charge in [0, 0.05) is 29.6 Å². The zero-order chi connectivity index (χ0) is 22.5. The fraction of sp³-hybridized carbons (Fsp3) is 0.167. The molecule has 0 radical (unpaired) electrons. The topological polar surface area (TPSA) is 115 Å². The normalized spacial score (nSPS) is 15.2. The minimum Gasteiger partial charge on any atom is -0.484 e. The highest BCUT2D eigenvalue weighted by molar-refractivity contribution is 5.74. The maximum atomic E-state index is 8.92. The van der Waals surface area contributed by atoms with Gasteiger partial charge in [0.1, 0.15) is 17.7 Å². The molecule has 160 valence electrons. The van der Waals surface area contributed by atoms with E-state index >= 15 is 0 Å². The van der Waals surface area contributed by atoms with Crippen molar-refractivity contribution in [3.8, 4) is 6.07 Å². The van der Waals surface area contributed by atoms with Crippen molar-refractivity contribution in [2.45, 2.75) is 26.4 Å². The van der Waals surface area contributed by atoms with Crippen LogP contribution in [0.5, 0.6) is 0 Å². The average molecular weight is 426 g/mol. The van der Waals surface area contributed by atoms with Gasteiger partial charge >= 0.3 is 0 Å². The summed E-state index contributed by atoms with van der Waals surface area (Å²) < 4.78 is 5.83. The molecule has 32 heavy (non-hydrogen) atoms. The molecule has 8 nitrogen and oxygen atoms in total. The first-order valence-electron chi connectivity index (χ1n) is 10.1. The Labute approximate surface area is 185 Å². The van der Waals surface area contributed by atoms with Crippen LogP contribution in [0.3, 0.4) is 0 Å². The molecule has 1 aromatic heterocycles. The molecular weight excluding hydrogens is 404 g/mol. The van der Waals surface area contributed by atoms with Gasteiger partial charge in [0.2, 0.25) is 5.95 Å². The number of ether oxygens (including phenoxy) is 1. The van der Waals surface area contributed by atoms with Crippen molar-refractivity contribution >= 4 is 35.1 Å². The van der Waals surface area contributed by atoms with Gasteiger partial charge in [-0.25, -0.2) is 4.98 Å². The lowest BCUT2D eigenvalue weighted by molar-refractivity contribution is 0.248. The van der Waals surface area contributed by atoms with Gasteiger partial charge in [0.25, 0.3) is 0 Å². The molecule has 0 bridgehead atoms. The van der Waals surface area contributed by atoms with Crippen LogP contribution < -0.4 is 10.6 Å². The molecule has 2 aromatic carbocycles. The van der Waals surface area contributed by atoms with E-state index in [9.17, 15) is 0 Å². The van der Waals surface area contributed by atoms with Crippen LogP contribution in [0.2, 0.25) is 0 Å². The van der Waals surface area contributed by atoms with Crippen LogP contribution in [0.15, 0.2) is 59.9 Å². The molecule has 3 aromatic rings. The van der Waals surface area contributed by atoms with Crippen molar-refractivity contribution in [3.63, 3.8) is 0 Å². The van der Waals surface area contributed by atoms with E-state index in [1.165, 1.54) is 6.21 Å². The number of hydrogen-bond acceptors (Lipinski definition) is 8. The van der Waals surface area contributed by atoms with Crippen molar-refractivity contribution in [2.24, 2.45) is 5.16 Å². The molecule has 0 spiro atoms. The Morgan fingerprint density at radius 3 is 2.59 bits per heavy atom. The summed E-state index contributed by atoms with van der Waals surface area (Å²) in [6, 6.07) is 15.1. The number of nitrogens with zero attached hydrogens (tertiary/aromatic N) is 4. The second kappa shape index (κ2) is 9.18. The van der Waals surface area contributed by atoms with Crippen molar-refractivity contribution in [1.29, 1.82) is 5.26 Å². The minimum absolute atomic E-state index is 0.239. The number of nitrogens with one attached hydrogen (secondary N) is 2. The first kappa shape index (κ1) is 20.9. The number of aromatic nitrogens is 2. The number of benzene rings is 2. The molecule has 1 aliphatic heterocycles. The Balaban J connectivity index is 1.50. The van der Waals surface area contributed by atoms with Crippen LogP contribution in [0.4, 0.5) is 23.1 Å². The zero-order valence-electron chi connectivity index (χ0n) is 17.7. The molecule has 3 N–H and O–H groups in total. The lowest BCUT2D eigenvalue weighted by Gasteiger charge is -2.16. The Morgan fingerprint density at radius 2 is 1.91 bits per heavy atom. The van der Waals surface area contributed by atoms with Gasteiger partial charge < -0.3 is 20.6 Å². The van der Waals surface area contributed by atoms with Gasteiger partial charge in [-0.3, -0.25) is 0 Å². The fourth-order valence-corrected chi connectivity index (χ4v) is 3.51. The van der Waals surface area contributed by atoms with Crippen LogP contribution >= 0.6 is 0 Å². The van der Waals surface area contributed by atoms with Gasteiger partial charge in [0.15, 0.2) is 0 Å². The lowest BCUT2D eigenvalue weighted by Crippen LogP contribution is -2.07. The maximum Gasteiger partial charge on any atom is 0.229 e. The van der Waals surface area contributed by atoms with E-state index in [1.54, 1.807) is 24.4 Å². The first-order valence-corrected chi connectivity index (χ1v) is 10.1. The van der Waals surface area contributed by atoms with Crippen molar-refractivity contribution in [1.82, 2.24) is 9.97 Å². The molecule has 1 atom stereocenters. The minimum atomic E-state index is -0.239. The largest absolute Gasteiger partial charge is 0.484 e. The average Bonchev–Trinajstić information content (AvgIpc) is 3.26. The highest BCUT2D eigenvalue weighted by Gasteiger charge is 2.19. The highest BCUT2D eigenvalue weighted by Crippen LogP contribution is 2.32. The first-order chi connectivity index (χ1) is 15.6. The number of rotatable bonds is 6. The number of nitriles is 1. The summed E-state index contributed by atoms with van der Waals surface area (Å²) in [4.78, 5) is 8.82. The number of anilines is 4.